The molecule has 1 unspecified atom stereocenters. The average Bonchev–Trinajstić information content (AvgIpc) is 3.11. The van der Waals surface area contributed by atoms with Gasteiger partial charge in [-0.1, -0.05) is 0 Å². The Morgan fingerprint density at radius 3 is 2.76 bits per heavy atom. The van der Waals surface area contributed by atoms with E-state index in [-0.39, 0.29) is 11.9 Å². The van der Waals surface area contributed by atoms with Crippen molar-refractivity contribution in [3.63, 3.8) is 0 Å². The fraction of sp³-hybridized carbons (Fsp3) is 0.467. The minimum atomic E-state index is -0.346. The van der Waals surface area contributed by atoms with Crippen LogP contribution in [0.25, 0.3) is 11.0 Å². The van der Waals surface area contributed by atoms with Crippen molar-refractivity contribution in [2.75, 3.05) is 25.9 Å². The summed E-state index contributed by atoms with van der Waals surface area (Å²) in [5.74, 6) is 1.19. The second-order valence-corrected chi connectivity index (χ2v) is 5.40. The van der Waals surface area contributed by atoms with Gasteiger partial charge < -0.3 is 15.4 Å². The molecule has 0 saturated carbocycles. The van der Waals surface area contributed by atoms with Gasteiger partial charge in [-0.05, 0) is 31.9 Å². The number of amides is 1. The minimum Gasteiger partial charge on any atom is -0.497 e. The van der Waals surface area contributed by atoms with Crippen molar-refractivity contribution in [2.45, 2.75) is 25.8 Å². The number of nitrogens with zero attached hydrogens (tertiary/aromatic N) is 3. The van der Waals surface area contributed by atoms with Gasteiger partial charge in [-0.3, -0.25) is 9.36 Å². The van der Waals surface area contributed by atoms with E-state index in [2.05, 4.69) is 4.98 Å². The lowest BCUT2D eigenvalue weighted by atomic mass is 10.2. The van der Waals surface area contributed by atoms with Gasteiger partial charge in [-0.2, -0.15) is 0 Å². The van der Waals surface area contributed by atoms with Crippen LogP contribution < -0.4 is 10.5 Å². The van der Waals surface area contributed by atoms with Crippen molar-refractivity contribution < 1.29 is 9.53 Å². The molecular weight excluding hydrogens is 268 g/mol. The molecule has 112 valence electrons. The largest absolute Gasteiger partial charge is 0.497 e. The highest BCUT2D eigenvalue weighted by Gasteiger charge is 2.26. The molecule has 2 N–H and O–H groups in total. The summed E-state index contributed by atoms with van der Waals surface area (Å²) in [5, 5.41) is 0. The number of anilines is 1. The third-order valence-corrected chi connectivity index (χ3v) is 4.09. The average molecular weight is 288 g/mol. The van der Waals surface area contributed by atoms with Crippen molar-refractivity contribution in [3.05, 3.63) is 18.2 Å². The van der Waals surface area contributed by atoms with Crippen molar-refractivity contribution in [3.8, 4) is 5.75 Å². The second kappa shape index (κ2) is 5.27. The molecule has 1 fully saturated rings. The fourth-order valence-corrected chi connectivity index (χ4v) is 2.94. The topological polar surface area (TPSA) is 73.4 Å². The maximum absolute atomic E-state index is 12.6. The molecule has 1 atom stereocenters. The second-order valence-electron chi connectivity index (χ2n) is 5.40. The highest BCUT2D eigenvalue weighted by molar-refractivity contribution is 5.86. The first-order valence-corrected chi connectivity index (χ1v) is 7.22. The SMILES string of the molecule is COc1ccc2c(c1)nc(N)n2C(C)C(=O)N1CCCC1. The third-order valence-electron chi connectivity index (χ3n) is 4.09. The Bertz CT molecular complexity index is 674. The molecular formula is C15H20N4O2. The number of hydrogen-bond acceptors (Lipinski definition) is 4. The number of nitrogens with two attached hydrogens (primary N) is 1. The number of ether oxygens (including phenoxy) is 1. The number of imidazole rings is 1. The lowest BCUT2D eigenvalue weighted by Gasteiger charge is -2.22. The van der Waals surface area contributed by atoms with Crippen LogP contribution in [0.3, 0.4) is 0 Å². The molecule has 0 aliphatic carbocycles. The van der Waals surface area contributed by atoms with Crippen LogP contribution in [-0.4, -0.2) is 40.6 Å². The quantitative estimate of drug-likeness (QED) is 0.934. The molecule has 0 radical (unpaired) electrons. The fourth-order valence-electron chi connectivity index (χ4n) is 2.94. The van der Waals surface area contributed by atoms with Gasteiger partial charge in [0.05, 0.1) is 18.1 Å². The lowest BCUT2D eigenvalue weighted by molar-refractivity contribution is -0.133. The number of benzene rings is 1. The molecule has 1 saturated heterocycles. The Hall–Kier alpha value is -2.24. The summed E-state index contributed by atoms with van der Waals surface area (Å²) < 4.78 is 7.00. The maximum atomic E-state index is 12.6. The molecule has 6 heteroatoms. The smallest absolute Gasteiger partial charge is 0.245 e. The predicted octanol–water partition coefficient (Wildman–Crippen LogP) is 1.81. The molecule has 0 spiro atoms. The van der Waals surface area contributed by atoms with Crippen LogP contribution in [0.1, 0.15) is 25.8 Å². The van der Waals surface area contributed by atoms with Crippen LogP contribution in [0.2, 0.25) is 0 Å². The van der Waals surface area contributed by atoms with Gasteiger partial charge in [-0.25, -0.2) is 4.98 Å². The Morgan fingerprint density at radius 2 is 2.10 bits per heavy atom. The molecule has 6 nitrogen and oxygen atoms in total. The molecule has 1 amide bonds. The number of methoxy groups -OCH3 is 1. The molecule has 1 aliphatic heterocycles. The van der Waals surface area contributed by atoms with Crippen LogP contribution >= 0.6 is 0 Å². The van der Waals surface area contributed by atoms with Crippen molar-refractivity contribution in [2.24, 2.45) is 0 Å². The Balaban J connectivity index is 1.98. The molecule has 1 aromatic heterocycles. The summed E-state index contributed by atoms with van der Waals surface area (Å²) in [6.45, 7) is 3.55. The normalized spacial score (nSPS) is 16.4. The lowest BCUT2D eigenvalue weighted by Crippen LogP contribution is -2.34. The molecule has 21 heavy (non-hydrogen) atoms. The van der Waals surface area contributed by atoms with Gasteiger partial charge in [0.1, 0.15) is 11.8 Å². The Morgan fingerprint density at radius 1 is 1.38 bits per heavy atom. The van der Waals surface area contributed by atoms with Crippen LogP contribution in [0.4, 0.5) is 5.95 Å². The summed E-state index contributed by atoms with van der Waals surface area (Å²) in [6.07, 6.45) is 2.16. The summed E-state index contributed by atoms with van der Waals surface area (Å²) in [5.41, 5.74) is 7.62. The number of rotatable bonds is 3. The first-order valence-electron chi connectivity index (χ1n) is 7.22. The molecule has 1 aliphatic rings. The van der Waals surface area contributed by atoms with E-state index in [0.717, 1.165) is 42.7 Å². The van der Waals surface area contributed by atoms with Gasteiger partial charge in [0, 0.05) is 19.2 Å². The first kappa shape index (κ1) is 13.7. The maximum Gasteiger partial charge on any atom is 0.245 e. The number of nitrogen functional groups attached to an aromatic ring is 1. The highest BCUT2D eigenvalue weighted by atomic mass is 16.5. The molecule has 0 bridgehead atoms. The van der Waals surface area contributed by atoms with Gasteiger partial charge in [0.15, 0.2) is 0 Å². The van der Waals surface area contributed by atoms with E-state index < -0.39 is 0 Å². The van der Waals surface area contributed by atoms with E-state index >= 15 is 0 Å². The van der Waals surface area contributed by atoms with Crippen molar-refractivity contribution >= 4 is 22.9 Å². The van der Waals surface area contributed by atoms with E-state index in [0.29, 0.717) is 5.95 Å². The summed E-state index contributed by atoms with van der Waals surface area (Å²) in [7, 11) is 1.61. The molecule has 3 rings (SSSR count). The van der Waals surface area contributed by atoms with Crippen LogP contribution in [0, 0.1) is 0 Å². The van der Waals surface area contributed by atoms with E-state index in [1.165, 1.54) is 0 Å². The third kappa shape index (κ3) is 2.30. The van der Waals surface area contributed by atoms with Gasteiger partial charge in [-0.15, -0.1) is 0 Å². The van der Waals surface area contributed by atoms with E-state index in [9.17, 15) is 4.79 Å². The summed E-state index contributed by atoms with van der Waals surface area (Å²) in [4.78, 5) is 18.8. The van der Waals surface area contributed by atoms with E-state index in [1.54, 1.807) is 11.7 Å². The minimum absolute atomic E-state index is 0.106. The van der Waals surface area contributed by atoms with Gasteiger partial charge in [0.25, 0.3) is 0 Å². The van der Waals surface area contributed by atoms with Crippen molar-refractivity contribution in [1.29, 1.82) is 0 Å². The Labute approximate surface area is 123 Å². The zero-order chi connectivity index (χ0) is 15.0. The number of fused-ring (bicyclic) bond motifs is 1. The van der Waals surface area contributed by atoms with Crippen LogP contribution in [0.15, 0.2) is 18.2 Å². The number of aromatic nitrogens is 2. The van der Waals surface area contributed by atoms with Gasteiger partial charge >= 0.3 is 0 Å². The summed E-state index contributed by atoms with van der Waals surface area (Å²) >= 11 is 0. The predicted molar refractivity (Wildman–Crippen MR) is 81.2 cm³/mol. The zero-order valence-corrected chi connectivity index (χ0v) is 12.4. The van der Waals surface area contributed by atoms with Crippen molar-refractivity contribution in [1.82, 2.24) is 14.5 Å². The number of carbonyl (C=O) groups excluding carboxylic acids is 1. The number of hydrogen-bond donors (Lipinski definition) is 1. The van der Waals surface area contributed by atoms with E-state index in [1.807, 2.05) is 30.0 Å². The monoisotopic (exact) mass is 288 g/mol. The van der Waals surface area contributed by atoms with E-state index in [4.69, 9.17) is 10.5 Å². The van der Waals surface area contributed by atoms with Crippen LogP contribution in [-0.2, 0) is 4.79 Å². The van der Waals surface area contributed by atoms with Crippen LogP contribution in [0.5, 0.6) is 5.75 Å². The molecule has 2 aromatic rings. The number of carbonyl (C=O) groups is 1. The van der Waals surface area contributed by atoms with Gasteiger partial charge in [0.2, 0.25) is 11.9 Å². The summed E-state index contributed by atoms with van der Waals surface area (Å²) in [6, 6.07) is 5.23. The highest BCUT2D eigenvalue weighted by Crippen LogP contribution is 2.27. The Kier molecular flexibility index (Phi) is 3.45. The number of likely N-dealkylation sites (tertiary alicyclic amines) is 1. The molecule has 1 aromatic carbocycles. The standard InChI is InChI=1S/C15H20N4O2/c1-10(14(20)18-7-3-4-8-18)19-13-6-5-11(21-2)9-12(13)17-15(19)16/h5-6,9-10H,3-4,7-8H2,1-2H3,(H2,16,17). The first-order chi connectivity index (χ1) is 10.1. The zero-order valence-electron chi connectivity index (χ0n) is 12.4. The molecule has 2 heterocycles.